The molecule has 1 fully saturated rings. The molecular formula is C13H19NO. The molecular weight excluding hydrogens is 186 g/mol. The third-order valence-corrected chi connectivity index (χ3v) is 2.98. The van der Waals surface area contributed by atoms with Gasteiger partial charge in [-0.15, -0.1) is 0 Å². The van der Waals surface area contributed by atoms with Crippen LogP contribution in [0.4, 0.5) is 0 Å². The lowest BCUT2D eigenvalue weighted by Gasteiger charge is -2.16. The summed E-state index contributed by atoms with van der Waals surface area (Å²) in [6, 6.07) is 11.0. The van der Waals surface area contributed by atoms with Crippen LogP contribution in [-0.2, 0) is 4.74 Å². The van der Waals surface area contributed by atoms with Gasteiger partial charge in [0.2, 0.25) is 0 Å². The van der Waals surface area contributed by atoms with Gasteiger partial charge in [-0.2, -0.15) is 0 Å². The van der Waals surface area contributed by atoms with Crippen molar-refractivity contribution in [3.05, 3.63) is 35.9 Å². The van der Waals surface area contributed by atoms with Gasteiger partial charge in [0.15, 0.2) is 0 Å². The Kier molecular flexibility index (Phi) is 3.75. The minimum Gasteiger partial charge on any atom is -0.372 e. The first-order valence-electron chi connectivity index (χ1n) is 5.76. The summed E-state index contributed by atoms with van der Waals surface area (Å²) in [5.74, 6) is 0. The van der Waals surface area contributed by atoms with Crippen LogP contribution < -0.4 is 5.32 Å². The van der Waals surface area contributed by atoms with Crippen molar-refractivity contribution in [3.63, 3.8) is 0 Å². The molecule has 0 saturated carbocycles. The van der Waals surface area contributed by atoms with Gasteiger partial charge >= 0.3 is 0 Å². The Morgan fingerprint density at radius 3 is 2.87 bits per heavy atom. The molecule has 2 heteroatoms. The third-order valence-electron chi connectivity index (χ3n) is 2.98. The van der Waals surface area contributed by atoms with Crippen LogP contribution in [0.5, 0.6) is 0 Å². The Morgan fingerprint density at radius 1 is 1.40 bits per heavy atom. The molecule has 1 aromatic carbocycles. The van der Waals surface area contributed by atoms with E-state index in [0.717, 1.165) is 13.2 Å². The predicted molar refractivity (Wildman–Crippen MR) is 61.8 cm³/mol. The van der Waals surface area contributed by atoms with Gasteiger partial charge in [-0.3, -0.25) is 0 Å². The van der Waals surface area contributed by atoms with Gasteiger partial charge in [-0.1, -0.05) is 30.3 Å². The van der Waals surface area contributed by atoms with E-state index in [1.165, 1.54) is 18.4 Å². The predicted octanol–water partition coefficient (Wildman–Crippen LogP) is 2.52. The summed E-state index contributed by atoms with van der Waals surface area (Å²) >= 11 is 0. The van der Waals surface area contributed by atoms with E-state index in [1.54, 1.807) is 0 Å². The van der Waals surface area contributed by atoms with Gasteiger partial charge in [-0.25, -0.2) is 0 Å². The molecule has 1 aliphatic rings. The molecule has 15 heavy (non-hydrogen) atoms. The van der Waals surface area contributed by atoms with Crippen molar-refractivity contribution in [1.29, 1.82) is 0 Å². The summed E-state index contributed by atoms with van der Waals surface area (Å²) in [5.41, 5.74) is 1.26. The van der Waals surface area contributed by atoms with Gasteiger partial charge < -0.3 is 10.1 Å². The van der Waals surface area contributed by atoms with Gasteiger partial charge in [0.25, 0.3) is 0 Å². The molecule has 0 amide bonds. The molecule has 0 aromatic heterocycles. The van der Waals surface area contributed by atoms with Crippen LogP contribution in [0.15, 0.2) is 30.3 Å². The molecule has 1 N–H and O–H groups in total. The average molecular weight is 205 g/mol. The van der Waals surface area contributed by atoms with Crippen LogP contribution in [0.3, 0.4) is 0 Å². The van der Waals surface area contributed by atoms with Gasteiger partial charge in [0.1, 0.15) is 0 Å². The second-order valence-electron chi connectivity index (χ2n) is 4.18. The van der Waals surface area contributed by atoms with E-state index in [4.69, 9.17) is 4.74 Å². The lowest BCUT2D eigenvalue weighted by molar-refractivity contribution is 0.0525. The number of hydrogen-bond donors (Lipinski definition) is 1. The lowest BCUT2D eigenvalue weighted by atomic mass is 10.1. The fourth-order valence-corrected chi connectivity index (χ4v) is 1.98. The summed E-state index contributed by atoms with van der Waals surface area (Å²) in [7, 11) is 0. The zero-order valence-corrected chi connectivity index (χ0v) is 9.28. The second kappa shape index (κ2) is 5.29. The van der Waals surface area contributed by atoms with Gasteiger partial charge in [0, 0.05) is 6.04 Å². The Hall–Kier alpha value is -0.860. The number of ether oxygens (including phenoxy) is 1. The second-order valence-corrected chi connectivity index (χ2v) is 4.18. The molecule has 0 aliphatic carbocycles. The first-order chi connectivity index (χ1) is 7.36. The molecule has 0 spiro atoms. The van der Waals surface area contributed by atoms with Crippen LogP contribution >= 0.6 is 0 Å². The molecule has 2 nitrogen and oxygen atoms in total. The van der Waals surface area contributed by atoms with E-state index in [0.29, 0.717) is 6.04 Å². The van der Waals surface area contributed by atoms with Crippen LogP contribution in [0.25, 0.3) is 0 Å². The van der Waals surface area contributed by atoms with E-state index < -0.39 is 0 Å². The van der Waals surface area contributed by atoms with E-state index >= 15 is 0 Å². The van der Waals surface area contributed by atoms with Crippen molar-refractivity contribution in [2.45, 2.75) is 31.9 Å². The lowest BCUT2D eigenvalue weighted by Crippen LogP contribution is -2.27. The molecule has 2 rings (SSSR count). The highest BCUT2D eigenvalue weighted by Crippen LogP contribution is 2.17. The molecule has 1 aromatic rings. The van der Waals surface area contributed by atoms with E-state index in [1.807, 2.05) is 6.07 Å². The molecule has 1 unspecified atom stereocenters. The van der Waals surface area contributed by atoms with Crippen molar-refractivity contribution in [2.75, 3.05) is 13.2 Å². The van der Waals surface area contributed by atoms with E-state index in [9.17, 15) is 0 Å². The van der Waals surface area contributed by atoms with Crippen LogP contribution in [0, 0.1) is 0 Å². The fourth-order valence-electron chi connectivity index (χ4n) is 1.98. The average Bonchev–Trinajstić information content (AvgIpc) is 2.80. The highest BCUT2D eigenvalue weighted by molar-refractivity contribution is 5.16. The molecule has 0 bridgehead atoms. The quantitative estimate of drug-likeness (QED) is 0.815. The van der Waals surface area contributed by atoms with Crippen molar-refractivity contribution >= 4 is 0 Å². The fraction of sp³-hybridized carbons (Fsp3) is 0.538. The van der Waals surface area contributed by atoms with Crippen molar-refractivity contribution in [2.24, 2.45) is 0 Å². The van der Waals surface area contributed by atoms with Crippen LogP contribution in [0.2, 0.25) is 0 Å². The summed E-state index contributed by atoms with van der Waals surface area (Å²) in [4.78, 5) is 0. The maximum absolute atomic E-state index is 5.85. The molecule has 1 aliphatic heterocycles. The summed E-state index contributed by atoms with van der Waals surface area (Å²) < 4.78 is 5.85. The van der Waals surface area contributed by atoms with Crippen LogP contribution in [-0.4, -0.2) is 19.2 Å². The number of benzene rings is 1. The monoisotopic (exact) mass is 205 g/mol. The minimum absolute atomic E-state index is 0.202. The standard InChI is InChI=1S/C13H19NO/c1-11(12-6-3-2-4-7-12)15-10-13-8-5-9-14-13/h2-4,6-7,11,13-14H,5,8-10H2,1H3/t11?,13-/m1/s1. The van der Waals surface area contributed by atoms with Crippen LogP contribution in [0.1, 0.15) is 31.4 Å². The van der Waals surface area contributed by atoms with E-state index in [2.05, 4.69) is 36.5 Å². The Morgan fingerprint density at radius 2 is 2.20 bits per heavy atom. The number of nitrogens with one attached hydrogen (secondary N) is 1. The Labute approximate surface area is 91.6 Å². The zero-order chi connectivity index (χ0) is 10.5. The zero-order valence-electron chi connectivity index (χ0n) is 9.28. The normalized spacial score (nSPS) is 22.9. The summed E-state index contributed by atoms with van der Waals surface area (Å²) in [6.45, 7) is 4.09. The SMILES string of the molecule is CC(OC[C@H]1CCCN1)c1ccccc1. The van der Waals surface area contributed by atoms with Crippen molar-refractivity contribution in [3.8, 4) is 0 Å². The summed E-state index contributed by atoms with van der Waals surface area (Å²) in [5, 5.41) is 3.44. The maximum atomic E-state index is 5.85. The minimum atomic E-state index is 0.202. The smallest absolute Gasteiger partial charge is 0.0797 e. The molecule has 0 radical (unpaired) electrons. The largest absolute Gasteiger partial charge is 0.372 e. The van der Waals surface area contributed by atoms with E-state index in [-0.39, 0.29) is 6.10 Å². The highest BCUT2D eigenvalue weighted by atomic mass is 16.5. The molecule has 82 valence electrons. The van der Waals surface area contributed by atoms with Gasteiger partial charge in [0.05, 0.1) is 12.7 Å². The topological polar surface area (TPSA) is 21.3 Å². The first-order valence-corrected chi connectivity index (χ1v) is 5.76. The van der Waals surface area contributed by atoms with Crippen molar-refractivity contribution in [1.82, 2.24) is 5.32 Å². The number of hydrogen-bond acceptors (Lipinski definition) is 2. The maximum Gasteiger partial charge on any atom is 0.0797 e. The number of rotatable bonds is 4. The highest BCUT2D eigenvalue weighted by Gasteiger charge is 2.15. The molecule has 1 saturated heterocycles. The molecule has 1 heterocycles. The first kappa shape index (κ1) is 10.7. The Balaban J connectivity index is 1.79. The third kappa shape index (κ3) is 3.05. The molecule has 2 atom stereocenters. The van der Waals surface area contributed by atoms with Crippen molar-refractivity contribution < 1.29 is 4.74 Å². The van der Waals surface area contributed by atoms with Gasteiger partial charge in [-0.05, 0) is 31.9 Å². The summed E-state index contributed by atoms with van der Waals surface area (Å²) in [6.07, 6.45) is 2.74. The Bertz CT molecular complexity index is 280.